The van der Waals surface area contributed by atoms with Crippen LogP contribution >= 0.6 is 11.8 Å². The summed E-state index contributed by atoms with van der Waals surface area (Å²) in [6.45, 7) is 4.38. The maximum atomic E-state index is 12.5. The van der Waals surface area contributed by atoms with Crippen molar-refractivity contribution in [3.8, 4) is 5.75 Å². The zero-order valence-corrected chi connectivity index (χ0v) is 16.0. The lowest BCUT2D eigenvalue weighted by atomic mass is 10.2. The third-order valence-corrected chi connectivity index (χ3v) is 5.09. The zero-order chi connectivity index (χ0) is 19.2. The van der Waals surface area contributed by atoms with Crippen LogP contribution in [-0.2, 0) is 14.3 Å². The first kappa shape index (κ1) is 19.4. The molecule has 0 saturated carbocycles. The lowest BCUT2D eigenvalue weighted by molar-refractivity contribution is -0.139. The third-order valence-electron chi connectivity index (χ3n) is 4.18. The summed E-state index contributed by atoms with van der Waals surface area (Å²) in [6.07, 6.45) is 2.59. The average molecular weight is 390 g/mol. The Morgan fingerprint density at radius 1 is 1.22 bits per heavy atom. The van der Waals surface area contributed by atoms with Gasteiger partial charge in [-0.1, -0.05) is 19.1 Å². The number of rotatable bonds is 6. The summed E-state index contributed by atoms with van der Waals surface area (Å²) >= 11 is 0.855. The van der Waals surface area contributed by atoms with Crippen LogP contribution in [0.4, 0.5) is 4.79 Å². The van der Waals surface area contributed by atoms with Crippen molar-refractivity contribution in [2.24, 2.45) is 0 Å². The van der Waals surface area contributed by atoms with Crippen LogP contribution in [0.2, 0.25) is 0 Å². The van der Waals surface area contributed by atoms with Crippen LogP contribution in [0.3, 0.4) is 0 Å². The van der Waals surface area contributed by atoms with Gasteiger partial charge in [0.1, 0.15) is 12.3 Å². The molecule has 0 bridgehead atoms. The fourth-order valence-corrected chi connectivity index (χ4v) is 3.55. The molecular weight excluding hydrogens is 368 g/mol. The Kier molecular flexibility index (Phi) is 6.52. The predicted molar refractivity (Wildman–Crippen MR) is 102 cm³/mol. The molecule has 144 valence electrons. The highest BCUT2D eigenvalue weighted by molar-refractivity contribution is 8.18. The third kappa shape index (κ3) is 4.90. The molecule has 1 aromatic carbocycles. The number of nitrogens with zero attached hydrogens (tertiary/aromatic N) is 2. The molecule has 2 heterocycles. The minimum Gasteiger partial charge on any atom is -0.494 e. The van der Waals surface area contributed by atoms with Crippen molar-refractivity contribution in [2.75, 3.05) is 39.5 Å². The molecule has 0 aromatic heterocycles. The van der Waals surface area contributed by atoms with Crippen LogP contribution in [-0.4, -0.2) is 66.3 Å². The second kappa shape index (κ2) is 9.05. The molecule has 7 nitrogen and oxygen atoms in total. The van der Waals surface area contributed by atoms with Crippen molar-refractivity contribution >= 4 is 34.9 Å². The minimum atomic E-state index is -0.432. The lowest BCUT2D eigenvalue weighted by Crippen LogP contribution is -2.46. The lowest BCUT2D eigenvalue weighted by Gasteiger charge is -2.28. The largest absolute Gasteiger partial charge is 0.494 e. The number of amides is 3. The van der Waals surface area contributed by atoms with E-state index >= 15 is 0 Å². The van der Waals surface area contributed by atoms with Gasteiger partial charge in [-0.05, 0) is 42.0 Å². The maximum Gasteiger partial charge on any atom is 0.294 e. The number of thioether (sulfide) groups is 1. The summed E-state index contributed by atoms with van der Waals surface area (Å²) in [5, 5.41) is -0.421. The molecule has 0 aliphatic carbocycles. The predicted octanol–water partition coefficient (Wildman–Crippen LogP) is 2.37. The number of carbonyl (C=O) groups is 3. The summed E-state index contributed by atoms with van der Waals surface area (Å²) in [5.41, 5.74) is 0.795. The van der Waals surface area contributed by atoms with E-state index in [1.807, 2.05) is 31.2 Å². The Bertz CT molecular complexity index is 741. The second-order valence-electron chi connectivity index (χ2n) is 6.18. The van der Waals surface area contributed by atoms with Gasteiger partial charge in [0.25, 0.3) is 11.1 Å². The molecule has 27 heavy (non-hydrogen) atoms. The molecule has 0 spiro atoms. The maximum absolute atomic E-state index is 12.5. The van der Waals surface area contributed by atoms with Crippen molar-refractivity contribution in [1.82, 2.24) is 9.80 Å². The van der Waals surface area contributed by atoms with Crippen LogP contribution in [0, 0.1) is 0 Å². The van der Waals surface area contributed by atoms with Crippen molar-refractivity contribution in [3.05, 3.63) is 34.7 Å². The van der Waals surface area contributed by atoms with Crippen LogP contribution < -0.4 is 4.74 Å². The van der Waals surface area contributed by atoms with E-state index in [1.54, 1.807) is 11.0 Å². The summed E-state index contributed by atoms with van der Waals surface area (Å²) in [5.74, 6) is 0.0930. The van der Waals surface area contributed by atoms with Crippen LogP contribution in [0.5, 0.6) is 5.75 Å². The van der Waals surface area contributed by atoms with E-state index in [2.05, 4.69) is 0 Å². The molecule has 3 rings (SSSR count). The van der Waals surface area contributed by atoms with Gasteiger partial charge in [-0.2, -0.15) is 0 Å². The highest BCUT2D eigenvalue weighted by Gasteiger charge is 2.37. The fourth-order valence-electron chi connectivity index (χ4n) is 2.72. The topological polar surface area (TPSA) is 76.2 Å². The van der Waals surface area contributed by atoms with Gasteiger partial charge in [-0.15, -0.1) is 0 Å². The molecule has 2 aliphatic heterocycles. The minimum absolute atomic E-state index is 0.230. The Hall–Kier alpha value is -2.32. The summed E-state index contributed by atoms with van der Waals surface area (Å²) in [6, 6.07) is 7.32. The van der Waals surface area contributed by atoms with Gasteiger partial charge in [0, 0.05) is 13.1 Å². The van der Waals surface area contributed by atoms with E-state index in [4.69, 9.17) is 9.47 Å². The van der Waals surface area contributed by atoms with E-state index in [-0.39, 0.29) is 12.5 Å². The second-order valence-corrected chi connectivity index (χ2v) is 7.17. The molecule has 0 atom stereocenters. The first-order chi connectivity index (χ1) is 13.1. The van der Waals surface area contributed by atoms with Crippen molar-refractivity contribution in [3.63, 3.8) is 0 Å². The van der Waals surface area contributed by atoms with Gasteiger partial charge in [-0.3, -0.25) is 19.3 Å². The molecule has 2 aliphatic rings. The normalized spacial score (nSPS) is 19.1. The quantitative estimate of drug-likeness (QED) is 0.694. The van der Waals surface area contributed by atoms with Crippen LogP contribution in [0.25, 0.3) is 6.08 Å². The Morgan fingerprint density at radius 2 is 1.93 bits per heavy atom. The molecule has 0 unspecified atom stereocenters. The SMILES string of the molecule is CCCOc1ccc(C=C2SC(=O)N(CC(=O)N3CCOCC3)C2=O)cc1. The zero-order valence-electron chi connectivity index (χ0n) is 15.2. The Labute approximate surface area is 162 Å². The molecule has 2 fully saturated rings. The van der Waals surface area contributed by atoms with Crippen molar-refractivity contribution < 1.29 is 23.9 Å². The van der Waals surface area contributed by atoms with Gasteiger partial charge in [0.05, 0.1) is 24.7 Å². The van der Waals surface area contributed by atoms with Gasteiger partial charge >= 0.3 is 0 Å². The number of hydrogen-bond acceptors (Lipinski definition) is 6. The highest BCUT2D eigenvalue weighted by Crippen LogP contribution is 2.32. The van der Waals surface area contributed by atoms with E-state index in [0.29, 0.717) is 37.8 Å². The Morgan fingerprint density at radius 3 is 2.59 bits per heavy atom. The number of morpholine rings is 1. The van der Waals surface area contributed by atoms with Crippen molar-refractivity contribution in [1.29, 1.82) is 0 Å². The van der Waals surface area contributed by atoms with Gasteiger partial charge < -0.3 is 14.4 Å². The monoisotopic (exact) mass is 390 g/mol. The number of imide groups is 1. The standard InChI is InChI=1S/C19H22N2O5S/c1-2-9-26-15-5-3-14(4-6-15)12-16-18(23)21(19(24)27-16)13-17(22)20-7-10-25-11-8-20/h3-6,12H,2,7-11,13H2,1H3. The number of benzene rings is 1. The summed E-state index contributed by atoms with van der Waals surface area (Å²) in [7, 11) is 0. The number of ether oxygens (including phenoxy) is 2. The van der Waals surface area contributed by atoms with Gasteiger partial charge in [0.2, 0.25) is 5.91 Å². The molecule has 1 aromatic rings. The van der Waals surface area contributed by atoms with Crippen molar-refractivity contribution in [2.45, 2.75) is 13.3 Å². The van der Waals surface area contributed by atoms with Gasteiger partial charge in [0.15, 0.2) is 0 Å². The smallest absolute Gasteiger partial charge is 0.294 e. The van der Waals surface area contributed by atoms with E-state index < -0.39 is 11.1 Å². The van der Waals surface area contributed by atoms with E-state index in [9.17, 15) is 14.4 Å². The molecule has 0 N–H and O–H groups in total. The molecular formula is C19H22N2O5S. The van der Waals surface area contributed by atoms with E-state index in [0.717, 1.165) is 34.4 Å². The first-order valence-electron chi connectivity index (χ1n) is 8.92. The molecule has 8 heteroatoms. The van der Waals surface area contributed by atoms with Gasteiger partial charge in [-0.25, -0.2) is 0 Å². The Balaban J connectivity index is 1.64. The summed E-state index contributed by atoms with van der Waals surface area (Å²) < 4.78 is 10.7. The number of carbonyl (C=O) groups excluding carboxylic acids is 3. The van der Waals surface area contributed by atoms with Crippen LogP contribution in [0.1, 0.15) is 18.9 Å². The molecule has 3 amide bonds. The number of hydrogen-bond donors (Lipinski definition) is 0. The van der Waals surface area contributed by atoms with E-state index in [1.165, 1.54) is 0 Å². The fraction of sp³-hybridized carbons (Fsp3) is 0.421. The van der Waals surface area contributed by atoms with Crippen LogP contribution in [0.15, 0.2) is 29.2 Å². The highest BCUT2D eigenvalue weighted by atomic mass is 32.2. The first-order valence-corrected chi connectivity index (χ1v) is 9.74. The average Bonchev–Trinajstić information content (AvgIpc) is 2.95. The molecule has 0 radical (unpaired) electrons. The summed E-state index contributed by atoms with van der Waals surface area (Å²) in [4.78, 5) is 40.0. The molecule has 2 saturated heterocycles.